The molecule has 0 fully saturated rings. The smallest absolute Gasteiger partial charge is 0.303 e. The van der Waals surface area contributed by atoms with E-state index < -0.39 is 5.97 Å². The fourth-order valence-electron chi connectivity index (χ4n) is 0.717. The third-order valence-electron chi connectivity index (χ3n) is 1.26. The fraction of sp³-hybridized carbons (Fsp3) is 0.714. The number of carboxylic acids is 1. The largest absolute Gasteiger partial charge is 0.481 e. The Kier molecular flexibility index (Phi) is 6.49. The van der Waals surface area contributed by atoms with Gasteiger partial charge in [0.05, 0.1) is 0 Å². The molecule has 0 rings (SSSR count). The lowest BCUT2D eigenvalue weighted by Gasteiger charge is -1.94. The van der Waals surface area contributed by atoms with E-state index in [2.05, 4.69) is 0 Å². The molecule has 3 nitrogen and oxygen atoms in total. The quantitative estimate of drug-likeness (QED) is 0.456. The zero-order chi connectivity index (χ0) is 8.69. The minimum atomic E-state index is -0.759. The van der Waals surface area contributed by atoms with Crippen molar-refractivity contribution >= 4 is 32.4 Å². The number of carboxylic acid groups (broad SMARTS) is 1. The summed E-state index contributed by atoms with van der Waals surface area (Å²) in [5, 5.41) is 8.25. The molecule has 0 radical (unpaired) electrons. The van der Waals surface area contributed by atoms with E-state index in [-0.39, 0.29) is 10.2 Å². The Morgan fingerprint density at radius 3 is 2.09 bits per heavy atom. The van der Waals surface area contributed by atoms with Crippen LogP contribution in [0.5, 0.6) is 0 Å². The van der Waals surface area contributed by atoms with E-state index in [0.29, 0.717) is 12.8 Å². The van der Waals surface area contributed by atoms with Gasteiger partial charge in [-0.05, 0) is 35.4 Å². The Morgan fingerprint density at radius 2 is 1.64 bits per heavy atom. The first-order valence-electron chi connectivity index (χ1n) is 3.53. The maximum absolute atomic E-state index is 10.4. The van der Waals surface area contributed by atoms with Gasteiger partial charge < -0.3 is 5.11 Å². The van der Waals surface area contributed by atoms with E-state index in [0.717, 1.165) is 12.8 Å². The number of hydrogen-bond donors (Lipinski definition) is 1. The number of unbranched alkanes of at least 4 members (excludes halogenated alkanes) is 2. The molecule has 0 saturated heterocycles. The van der Waals surface area contributed by atoms with E-state index >= 15 is 0 Å². The topological polar surface area (TPSA) is 54.4 Å². The molecule has 0 saturated carbocycles. The average Bonchev–Trinajstić information content (AvgIpc) is 1.85. The van der Waals surface area contributed by atoms with Crippen LogP contribution in [0.1, 0.15) is 32.1 Å². The maximum atomic E-state index is 10.4. The van der Waals surface area contributed by atoms with Gasteiger partial charge >= 0.3 is 5.97 Å². The van der Waals surface area contributed by atoms with E-state index in [4.69, 9.17) is 5.11 Å². The van der Waals surface area contributed by atoms with Crippen LogP contribution in [0.2, 0.25) is 0 Å². The predicted molar refractivity (Wildman–Crippen MR) is 49.7 cm³/mol. The minimum Gasteiger partial charge on any atom is -0.481 e. The molecular weight excluding hydrogens is 259 g/mol. The molecule has 0 aliphatic carbocycles. The lowest BCUT2D eigenvalue weighted by atomic mass is 10.1. The monoisotopic (exact) mass is 270 g/mol. The molecule has 0 aliphatic heterocycles. The molecule has 1 N–H and O–H groups in total. The first-order chi connectivity index (χ1) is 5.13. The molecule has 0 unspecified atom stereocenters. The summed E-state index contributed by atoms with van der Waals surface area (Å²) in [7, 11) is 0. The Hall–Kier alpha value is -0.130. The summed E-state index contributed by atoms with van der Waals surface area (Å²) in [4.78, 5) is 20.4. The van der Waals surface area contributed by atoms with Crippen LogP contribution in [0.4, 0.5) is 0 Å². The van der Waals surface area contributed by atoms with Gasteiger partial charge in [-0.3, -0.25) is 9.59 Å². The molecule has 0 aromatic carbocycles. The van der Waals surface area contributed by atoms with Crippen molar-refractivity contribution in [3.63, 3.8) is 0 Å². The van der Waals surface area contributed by atoms with Gasteiger partial charge in [0.1, 0.15) is 0 Å². The summed E-state index contributed by atoms with van der Waals surface area (Å²) in [5.74, 6) is -0.759. The van der Waals surface area contributed by atoms with Crippen molar-refractivity contribution in [1.29, 1.82) is 0 Å². The van der Waals surface area contributed by atoms with Crippen LogP contribution in [0.15, 0.2) is 0 Å². The highest BCUT2D eigenvalue weighted by atomic mass is 127. The number of aliphatic carboxylic acids is 1. The highest BCUT2D eigenvalue weighted by molar-refractivity contribution is 14.1. The van der Waals surface area contributed by atoms with Crippen molar-refractivity contribution in [3.8, 4) is 0 Å². The molecule has 4 heteroatoms. The van der Waals surface area contributed by atoms with Gasteiger partial charge in [-0.25, -0.2) is 0 Å². The molecule has 0 atom stereocenters. The highest BCUT2D eigenvalue weighted by Gasteiger charge is 1.98. The summed E-state index contributed by atoms with van der Waals surface area (Å²) in [5.41, 5.74) is 0. The summed E-state index contributed by atoms with van der Waals surface area (Å²) in [6.07, 6.45) is 3.12. The second-order valence-corrected chi connectivity index (χ2v) is 3.51. The van der Waals surface area contributed by atoms with Gasteiger partial charge in [-0.1, -0.05) is 6.42 Å². The molecule has 11 heavy (non-hydrogen) atoms. The Balaban J connectivity index is 3.03. The van der Waals surface area contributed by atoms with Crippen LogP contribution >= 0.6 is 22.6 Å². The predicted octanol–water partition coefficient (Wildman–Crippen LogP) is 1.98. The molecule has 0 aromatic heterocycles. The van der Waals surface area contributed by atoms with Gasteiger partial charge in [-0.15, -0.1) is 0 Å². The molecule has 0 spiro atoms. The lowest BCUT2D eigenvalue weighted by Crippen LogP contribution is -1.94. The lowest BCUT2D eigenvalue weighted by molar-refractivity contribution is -0.137. The molecule has 0 heterocycles. The number of halogens is 1. The first kappa shape index (κ1) is 10.9. The van der Waals surface area contributed by atoms with Gasteiger partial charge in [0.15, 0.2) is 3.79 Å². The van der Waals surface area contributed by atoms with Crippen LogP contribution < -0.4 is 0 Å². The first-order valence-corrected chi connectivity index (χ1v) is 4.61. The van der Waals surface area contributed by atoms with Crippen molar-refractivity contribution in [2.45, 2.75) is 32.1 Å². The van der Waals surface area contributed by atoms with E-state index in [1.165, 1.54) is 0 Å². The maximum Gasteiger partial charge on any atom is 0.303 e. The Labute approximate surface area is 79.3 Å². The summed E-state index contributed by atoms with van der Waals surface area (Å²) < 4.78 is 0.151. The van der Waals surface area contributed by atoms with Crippen LogP contribution in [0, 0.1) is 0 Å². The van der Waals surface area contributed by atoms with Gasteiger partial charge in [-0.2, -0.15) is 0 Å². The third-order valence-corrected chi connectivity index (χ3v) is 1.80. The van der Waals surface area contributed by atoms with E-state index in [9.17, 15) is 9.59 Å². The second kappa shape index (κ2) is 6.57. The van der Waals surface area contributed by atoms with Crippen LogP contribution in [-0.2, 0) is 9.59 Å². The Bertz CT molecular complexity index is 129. The number of carbonyl (C=O) groups is 2. The molecule has 0 amide bonds. The van der Waals surface area contributed by atoms with Crippen molar-refractivity contribution < 1.29 is 14.7 Å². The third kappa shape index (κ3) is 9.87. The van der Waals surface area contributed by atoms with E-state index in [1.54, 1.807) is 22.6 Å². The minimum absolute atomic E-state index is 0.151. The zero-order valence-corrected chi connectivity index (χ0v) is 8.33. The molecule has 0 aromatic rings. The second-order valence-electron chi connectivity index (χ2n) is 2.31. The SMILES string of the molecule is O=C(O)CCCCCC(=O)I. The van der Waals surface area contributed by atoms with Gasteiger partial charge in [0.25, 0.3) is 0 Å². The number of rotatable bonds is 6. The molecule has 0 aliphatic rings. The molecule has 0 bridgehead atoms. The van der Waals surface area contributed by atoms with Crippen LogP contribution in [-0.4, -0.2) is 14.9 Å². The highest BCUT2D eigenvalue weighted by Crippen LogP contribution is 2.05. The Morgan fingerprint density at radius 1 is 1.09 bits per heavy atom. The summed E-state index contributed by atoms with van der Waals surface area (Å²) >= 11 is 1.75. The average molecular weight is 270 g/mol. The van der Waals surface area contributed by atoms with Gasteiger partial charge in [0, 0.05) is 12.8 Å². The van der Waals surface area contributed by atoms with Crippen molar-refractivity contribution in [1.82, 2.24) is 0 Å². The standard InChI is InChI=1S/C7H11IO3/c8-6(9)4-2-1-3-5-7(10)11/h1-5H2,(H,10,11). The number of hydrogen-bond acceptors (Lipinski definition) is 2. The summed E-state index contributed by atoms with van der Waals surface area (Å²) in [6, 6.07) is 0. The molecular formula is C7H11IO3. The molecule has 64 valence electrons. The van der Waals surface area contributed by atoms with Gasteiger partial charge in [0.2, 0.25) is 0 Å². The van der Waals surface area contributed by atoms with Crippen molar-refractivity contribution in [3.05, 3.63) is 0 Å². The summed E-state index contributed by atoms with van der Waals surface area (Å²) in [6.45, 7) is 0. The van der Waals surface area contributed by atoms with Crippen molar-refractivity contribution in [2.75, 3.05) is 0 Å². The van der Waals surface area contributed by atoms with Crippen molar-refractivity contribution in [2.24, 2.45) is 0 Å². The van der Waals surface area contributed by atoms with Crippen LogP contribution in [0.25, 0.3) is 0 Å². The number of carbonyl (C=O) groups excluding carboxylic acids is 1. The zero-order valence-electron chi connectivity index (χ0n) is 6.18. The van der Waals surface area contributed by atoms with Crippen LogP contribution in [0.3, 0.4) is 0 Å². The fourth-order valence-corrected chi connectivity index (χ4v) is 1.10. The van der Waals surface area contributed by atoms with E-state index in [1.807, 2.05) is 0 Å². The normalized spacial score (nSPS) is 9.55.